The van der Waals surface area contributed by atoms with Crippen LogP contribution in [-0.4, -0.2) is 66.5 Å². The molecule has 1 unspecified atom stereocenters. The number of hydrogen-bond donors (Lipinski definition) is 2. The Kier molecular flexibility index (Phi) is 7.16. The molecule has 0 bridgehead atoms. The summed E-state index contributed by atoms with van der Waals surface area (Å²) in [4.78, 5) is 52.5. The van der Waals surface area contributed by atoms with Crippen LogP contribution in [0.1, 0.15) is 37.7 Å². The third kappa shape index (κ3) is 6.39. The average Bonchev–Trinajstić information content (AvgIpc) is 3.26. The molecule has 1 aliphatic carbocycles. The summed E-state index contributed by atoms with van der Waals surface area (Å²) in [5.74, 6) is -2.72. The van der Waals surface area contributed by atoms with Crippen LogP contribution in [0, 0.1) is 11.3 Å². The molecule has 2 saturated heterocycles. The Morgan fingerprint density at radius 3 is 2.51 bits per heavy atom. The Morgan fingerprint density at radius 1 is 1.20 bits per heavy atom. The number of hydrogen-bond acceptors (Lipinski definition) is 5. The van der Waals surface area contributed by atoms with Crippen molar-refractivity contribution in [3.05, 3.63) is 35.9 Å². The summed E-state index contributed by atoms with van der Waals surface area (Å²) in [7, 11) is 0. The molecule has 1 spiro atoms. The quantitative estimate of drug-likeness (QED) is 0.543. The van der Waals surface area contributed by atoms with Crippen LogP contribution in [-0.2, 0) is 30.3 Å². The van der Waals surface area contributed by atoms with E-state index in [9.17, 15) is 32.3 Å². The molecule has 3 amide bonds. The molecule has 1 aromatic carbocycles. The number of ether oxygens (including phenoxy) is 1. The van der Waals surface area contributed by atoms with Crippen LogP contribution in [0.25, 0.3) is 0 Å². The Morgan fingerprint density at radius 2 is 1.91 bits per heavy atom. The van der Waals surface area contributed by atoms with Crippen molar-refractivity contribution < 1.29 is 37.1 Å². The number of Topliss-reactive ketones (excluding diaryl/α,β-unsaturated/α-hetero) is 1. The van der Waals surface area contributed by atoms with Crippen molar-refractivity contribution in [3.63, 3.8) is 0 Å². The van der Waals surface area contributed by atoms with Crippen LogP contribution < -0.4 is 10.6 Å². The van der Waals surface area contributed by atoms with E-state index in [-0.39, 0.29) is 30.1 Å². The topological polar surface area (TPSA) is 105 Å². The zero-order chi connectivity index (χ0) is 25.2. The number of nitrogens with zero attached hydrogens (tertiary/aromatic N) is 1. The number of carbonyl (C=O) groups excluding carboxylic acids is 4. The Hall–Kier alpha value is -2.95. The molecule has 35 heavy (non-hydrogen) atoms. The maximum absolute atomic E-state index is 13.3. The maximum Gasteiger partial charge on any atom is 0.522 e. The molecule has 3 aliphatic rings. The van der Waals surface area contributed by atoms with E-state index < -0.39 is 42.7 Å². The van der Waals surface area contributed by atoms with Gasteiger partial charge in [0.1, 0.15) is 12.6 Å². The number of nitrogens with one attached hydrogen (secondary N) is 2. The summed E-state index contributed by atoms with van der Waals surface area (Å²) < 4.78 is 41.2. The molecule has 11 heteroatoms. The van der Waals surface area contributed by atoms with Crippen LogP contribution in [0.5, 0.6) is 0 Å². The summed E-state index contributed by atoms with van der Waals surface area (Å²) >= 11 is 0. The molecule has 190 valence electrons. The highest BCUT2D eigenvalue weighted by Crippen LogP contribution is 2.54. The van der Waals surface area contributed by atoms with Crippen molar-refractivity contribution in [2.45, 2.75) is 57.0 Å². The summed E-state index contributed by atoms with van der Waals surface area (Å²) in [6, 6.07) is 6.94. The van der Waals surface area contributed by atoms with Gasteiger partial charge >= 0.3 is 6.36 Å². The first-order valence-corrected chi connectivity index (χ1v) is 11.7. The van der Waals surface area contributed by atoms with Crippen molar-refractivity contribution in [1.82, 2.24) is 15.5 Å². The number of rotatable bonds is 9. The molecular weight excluding hydrogens is 467 g/mol. The maximum atomic E-state index is 13.3. The van der Waals surface area contributed by atoms with Gasteiger partial charge in [0.15, 0.2) is 5.78 Å². The Balaban J connectivity index is 1.46. The van der Waals surface area contributed by atoms with Gasteiger partial charge in [-0.05, 0) is 43.1 Å². The van der Waals surface area contributed by atoms with Gasteiger partial charge in [-0.2, -0.15) is 0 Å². The molecule has 2 heterocycles. The highest BCUT2D eigenvalue weighted by atomic mass is 19.4. The van der Waals surface area contributed by atoms with Gasteiger partial charge in [-0.25, -0.2) is 0 Å². The van der Waals surface area contributed by atoms with E-state index in [1.165, 1.54) is 4.90 Å². The van der Waals surface area contributed by atoms with Crippen LogP contribution in [0.4, 0.5) is 13.2 Å². The van der Waals surface area contributed by atoms with Gasteiger partial charge in [0.05, 0.1) is 12.5 Å². The predicted octanol–water partition coefficient (Wildman–Crippen LogP) is 1.73. The Labute approximate surface area is 200 Å². The standard InChI is InChI=1S/C24H28F3N3O5/c25-24(26,27)35-13-19(31)17(11-16-6-9-28-21(16)33)29-22(34)18-12-23(7-8-23)14-30(18)20(32)10-15-4-2-1-3-5-15/h1-5,16-18H,6-14H2,(H,28,33)(H,29,34)/t16-,17?,18-/m0/s1. The van der Waals surface area contributed by atoms with Crippen molar-refractivity contribution in [3.8, 4) is 0 Å². The minimum absolute atomic E-state index is 0.116. The van der Waals surface area contributed by atoms with Crippen LogP contribution in [0.3, 0.4) is 0 Å². The van der Waals surface area contributed by atoms with Crippen molar-refractivity contribution >= 4 is 23.5 Å². The lowest BCUT2D eigenvalue weighted by Gasteiger charge is -2.27. The molecule has 3 fully saturated rings. The minimum atomic E-state index is -5.00. The third-order valence-electron chi connectivity index (χ3n) is 7.05. The molecule has 3 atom stereocenters. The second kappa shape index (κ2) is 9.96. The van der Waals surface area contributed by atoms with Gasteiger partial charge in [-0.3, -0.25) is 23.9 Å². The highest BCUT2D eigenvalue weighted by molar-refractivity contribution is 5.94. The van der Waals surface area contributed by atoms with Gasteiger partial charge in [0, 0.05) is 19.0 Å². The fourth-order valence-corrected chi connectivity index (χ4v) is 4.91. The lowest BCUT2D eigenvalue weighted by molar-refractivity contribution is -0.321. The van der Waals surface area contributed by atoms with E-state index >= 15 is 0 Å². The monoisotopic (exact) mass is 495 g/mol. The lowest BCUT2D eigenvalue weighted by Crippen LogP contribution is -2.52. The van der Waals surface area contributed by atoms with Crippen molar-refractivity contribution in [2.75, 3.05) is 19.7 Å². The first kappa shape index (κ1) is 25.2. The van der Waals surface area contributed by atoms with Crippen LogP contribution >= 0.6 is 0 Å². The zero-order valence-electron chi connectivity index (χ0n) is 19.1. The van der Waals surface area contributed by atoms with Crippen LogP contribution in [0.2, 0.25) is 0 Å². The SMILES string of the molecule is O=C(COC(F)(F)F)C(C[C@@H]1CCNC1=O)NC(=O)[C@@H]1CC2(CC2)CN1C(=O)Cc1ccccc1. The fraction of sp³-hybridized carbons (Fsp3) is 0.583. The summed E-state index contributed by atoms with van der Waals surface area (Å²) in [5.41, 5.74) is 0.677. The Bertz CT molecular complexity index is 980. The first-order chi connectivity index (χ1) is 16.6. The summed E-state index contributed by atoms with van der Waals surface area (Å²) in [6.07, 6.45) is -2.40. The number of amides is 3. The number of halogens is 3. The van der Waals surface area contributed by atoms with E-state index in [4.69, 9.17) is 0 Å². The minimum Gasteiger partial charge on any atom is -0.356 e. The molecular formula is C24H28F3N3O5. The zero-order valence-corrected chi connectivity index (χ0v) is 19.1. The van der Waals surface area contributed by atoms with E-state index in [2.05, 4.69) is 15.4 Å². The van der Waals surface area contributed by atoms with E-state index in [0.29, 0.717) is 25.9 Å². The average molecular weight is 495 g/mol. The summed E-state index contributed by atoms with van der Waals surface area (Å²) in [6.45, 7) is -0.448. The normalized spacial score (nSPS) is 23.7. The van der Waals surface area contributed by atoms with E-state index in [1.807, 2.05) is 30.3 Å². The second-order valence-electron chi connectivity index (χ2n) is 9.68. The smallest absolute Gasteiger partial charge is 0.356 e. The number of ketones is 1. The molecule has 8 nitrogen and oxygen atoms in total. The van der Waals surface area contributed by atoms with Gasteiger partial charge in [0.25, 0.3) is 0 Å². The molecule has 0 aromatic heterocycles. The fourth-order valence-electron chi connectivity index (χ4n) is 4.91. The van der Waals surface area contributed by atoms with Gasteiger partial charge < -0.3 is 15.5 Å². The third-order valence-corrected chi connectivity index (χ3v) is 7.05. The molecule has 2 aliphatic heterocycles. The molecule has 4 rings (SSSR count). The van der Waals surface area contributed by atoms with Crippen molar-refractivity contribution in [2.24, 2.45) is 11.3 Å². The van der Waals surface area contributed by atoms with Crippen molar-refractivity contribution in [1.29, 1.82) is 0 Å². The molecule has 1 saturated carbocycles. The number of likely N-dealkylation sites (tertiary alicyclic amines) is 1. The molecule has 0 radical (unpaired) electrons. The lowest BCUT2D eigenvalue weighted by atomic mass is 9.95. The van der Waals surface area contributed by atoms with Gasteiger partial charge in [-0.15, -0.1) is 13.2 Å². The first-order valence-electron chi connectivity index (χ1n) is 11.7. The number of benzene rings is 1. The summed E-state index contributed by atoms with van der Waals surface area (Å²) in [5, 5.41) is 5.16. The molecule has 1 aromatic rings. The molecule has 2 N–H and O–H groups in total. The number of carbonyl (C=O) groups is 4. The van der Waals surface area contributed by atoms with Gasteiger partial charge in [0.2, 0.25) is 17.7 Å². The van der Waals surface area contributed by atoms with Crippen LogP contribution in [0.15, 0.2) is 30.3 Å². The van der Waals surface area contributed by atoms with Gasteiger partial charge in [-0.1, -0.05) is 30.3 Å². The predicted molar refractivity (Wildman–Crippen MR) is 117 cm³/mol. The highest BCUT2D eigenvalue weighted by Gasteiger charge is 2.55. The van der Waals surface area contributed by atoms with E-state index in [1.54, 1.807) is 0 Å². The second-order valence-corrected chi connectivity index (χ2v) is 9.68. The van der Waals surface area contributed by atoms with E-state index in [0.717, 1.165) is 18.4 Å². The number of alkyl halides is 3. The largest absolute Gasteiger partial charge is 0.522 e.